The second-order valence-corrected chi connectivity index (χ2v) is 6.08. The molecule has 0 N–H and O–H groups in total. The fourth-order valence-electron chi connectivity index (χ4n) is 2.60. The van der Waals surface area contributed by atoms with E-state index in [9.17, 15) is 9.18 Å². The zero-order chi connectivity index (χ0) is 17.8. The second kappa shape index (κ2) is 7.38. The maximum Gasteiger partial charge on any atom is 0.226 e. The molecule has 2 aromatic rings. The van der Waals surface area contributed by atoms with Crippen LogP contribution >= 0.6 is 0 Å². The van der Waals surface area contributed by atoms with E-state index in [0.717, 1.165) is 16.7 Å². The van der Waals surface area contributed by atoms with E-state index in [0.29, 0.717) is 24.5 Å². The zero-order valence-electron chi connectivity index (χ0n) is 14.3. The first kappa shape index (κ1) is 17.0. The Bertz CT molecular complexity index is 814. The Balaban J connectivity index is 1.72. The summed E-state index contributed by atoms with van der Waals surface area (Å²) in [5.41, 5.74) is 2.62. The minimum absolute atomic E-state index is 0.0468. The Kier molecular flexibility index (Phi) is 5.03. The van der Waals surface area contributed by atoms with Gasteiger partial charge < -0.3 is 14.4 Å². The van der Waals surface area contributed by atoms with Crippen molar-refractivity contribution in [1.29, 1.82) is 0 Å². The van der Waals surface area contributed by atoms with Crippen LogP contribution in [0.4, 0.5) is 4.39 Å². The van der Waals surface area contributed by atoms with Gasteiger partial charge in [0.1, 0.15) is 30.5 Å². The molecule has 1 aliphatic heterocycles. The van der Waals surface area contributed by atoms with Crippen LogP contribution in [0.25, 0.3) is 5.57 Å². The summed E-state index contributed by atoms with van der Waals surface area (Å²) in [7, 11) is 3.49. The Morgan fingerprint density at radius 2 is 2.08 bits per heavy atom. The van der Waals surface area contributed by atoms with Crippen LogP contribution in [0, 0.1) is 5.82 Å². The fourth-order valence-corrected chi connectivity index (χ4v) is 2.60. The predicted octanol–water partition coefficient (Wildman–Crippen LogP) is 3.66. The largest absolute Gasteiger partial charge is 0.489 e. The number of halogens is 1. The van der Waals surface area contributed by atoms with Crippen LogP contribution in [-0.4, -0.2) is 31.5 Å². The third-order valence-electron chi connectivity index (χ3n) is 4.00. The molecule has 0 aromatic heterocycles. The van der Waals surface area contributed by atoms with Gasteiger partial charge in [0.05, 0.1) is 6.42 Å². The lowest BCUT2D eigenvalue weighted by Gasteiger charge is -2.20. The molecule has 0 atom stereocenters. The SMILES string of the molecule is CN(C)C(=O)CC1=CCOc2cc(OCc3cccc(F)c3)ccc21. The molecule has 130 valence electrons. The van der Waals surface area contributed by atoms with Crippen molar-refractivity contribution in [3.05, 3.63) is 65.5 Å². The van der Waals surface area contributed by atoms with Crippen molar-refractivity contribution in [1.82, 2.24) is 4.90 Å². The molecule has 0 radical (unpaired) electrons. The Labute approximate surface area is 146 Å². The molecular weight excluding hydrogens is 321 g/mol. The molecule has 0 fully saturated rings. The van der Waals surface area contributed by atoms with Crippen LogP contribution < -0.4 is 9.47 Å². The van der Waals surface area contributed by atoms with E-state index in [1.807, 2.05) is 30.3 Å². The Morgan fingerprint density at radius 1 is 1.24 bits per heavy atom. The highest BCUT2D eigenvalue weighted by Crippen LogP contribution is 2.35. The molecule has 1 amide bonds. The number of fused-ring (bicyclic) bond motifs is 1. The number of ether oxygens (including phenoxy) is 2. The van der Waals surface area contributed by atoms with Gasteiger partial charge in [-0.2, -0.15) is 0 Å². The number of carbonyl (C=O) groups is 1. The first-order chi connectivity index (χ1) is 12.0. The summed E-state index contributed by atoms with van der Waals surface area (Å²) in [6, 6.07) is 11.9. The normalized spacial score (nSPS) is 12.7. The average Bonchev–Trinajstić information content (AvgIpc) is 2.60. The molecule has 1 aliphatic rings. The average molecular weight is 341 g/mol. The molecule has 4 nitrogen and oxygen atoms in total. The highest BCUT2D eigenvalue weighted by Gasteiger charge is 2.18. The second-order valence-electron chi connectivity index (χ2n) is 6.08. The maximum absolute atomic E-state index is 13.2. The lowest BCUT2D eigenvalue weighted by molar-refractivity contribution is -0.127. The monoisotopic (exact) mass is 341 g/mol. The van der Waals surface area contributed by atoms with E-state index >= 15 is 0 Å². The van der Waals surface area contributed by atoms with Crippen molar-refractivity contribution < 1.29 is 18.7 Å². The summed E-state index contributed by atoms with van der Waals surface area (Å²) in [5, 5.41) is 0. The van der Waals surface area contributed by atoms with Gasteiger partial charge in [-0.25, -0.2) is 4.39 Å². The smallest absolute Gasteiger partial charge is 0.226 e. The fraction of sp³-hybridized carbons (Fsp3) is 0.250. The van der Waals surface area contributed by atoms with Gasteiger partial charge in [0, 0.05) is 25.7 Å². The highest BCUT2D eigenvalue weighted by molar-refractivity contribution is 5.90. The van der Waals surface area contributed by atoms with E-state index < -0.39 is 0 Å². The van der Waals surface area contributed by atoms with E-state index in [4.69, 9.17) is 9.47 Å². The predicted molar refractivity (Wildman–Crippen MR) is 94.0 cm³/mol. The number of carbonyl (C=O) groups excluding carboxylic acids is 1. The molecule has 0 aliphatic carbocycles. The van der Waals surface area contributed by atoms with Crippen molar-refractivity contribution in [2.24, 2.45) is 0 Å². The molecule has 1 heterocycles. The van der Waals surface area contributed by atoms with Crippen molar-refractivity contribution >= 4 is 11.5 Å². The Morgan fingerprint density at radius 3 is 2.84 bits per heavy atom. The quantitative estimate of drug-likeness (QED) is 0.833. The van der Waals surface area contributed by atoms with E-state index in [2.05, 4.69) is 0 Å². The summed E-state index contributed by atoms with van der Waals surface area (Å²) in [6.07, 6.45) is 2.27. The number of rotatable bonds is 5. The van der Waals surface area contributed by atoms with Crippen molar-refractivity contribution in [3.8, 4) is 11.5 Å². The summed E-state index contributed by atoms with van der Waals surface area (Å²) in [6.45, 7) is 0.703. The third-order valence-corrected chi connectivity index (χ3v) is 4.00. The summed E-state index contributed by atoms with van der Waals surface area (Å²) in [4.78, 5) is 13.5. The highest BCUT2D eigenvalue weighted by atomic mass is 19.1. The van der Waals surface area contributed by atoms with Crippen molar-refractivity contribution in [2.45, 2.75) is 13.0 Å². The van der Waals surface area contributed by atoms with Crippen LogP contribution in [-0.2, 0) is 11.4 Å². The van der Waals surface area contributed by atoms with Gasteiger partial charge in [0.2, 0.25) is 5.91 Å². The standard InChI is InChI=1S/C20H20FNO3/c1-22(2)20(23)11-15-8-9-24-19-12-17(6-7-18(15)19)25-13-14-4-3-5-16(21)10-14/h3-8,10,12H,9,11,13H2,1-2H3. The third kappa shape index (κ3) is 4.18. The molecule has 3 rings (SSSR count). The van der Waals surface area contributed by atoms with Gasteiger partial charge in [-0.15, -0.1) is 0 Å². The number of benzene rings is 2. The van der Waals surface area contributed by atoms with Crippen LogP contribution in [0.1, 0.15) is 17.5 Å². The maximum atomic E-state index is 13.2. The number of hydrogen-bond donors (Lipinski definition) is 0. The minimum Gasteiger partial charge on any atom is -0.489 e. The van der Waals surface area contributed by atoms with Gasteiger partial charge >= 0.3 is 0 Å². The van der Waals surface area contributed by atoms with Crippen molar-refractivity contribution in [3.63, 3.8) is 0 Å². The van der Waals surface area contributed by atoms with Crippen molar-refractivity contribution in [2.75, 3.05) is 20.7 Å². The van der Waals surface area contributed by atoms with Gasteiger partial charge in [0.15, 0.2) is 0 Å². The van der Waals surface area contributed by atoms with E-state index in [-0.39, 0.29) is 18.3 Å². The van der Waals surface area contributed by atoms with Crippen LogP contribution in [0.2, 0.25) is 0 Å². The first-order valence-corrected chi connectivity index (χ1v) is 8.06. The molecular formula is C20H20FNO3. The number of amides is 1. The molecule has 2 aromatic carbocycles. The van der Waals surface area contributed by atoms with Crippen LogP contribution in [0.15, 0.2) is 48.5 Å². The van der Waals surface area contributed by atoms with Gasteiger partial charge in [0.25, 0.3) is 0 Å². The van der Waals surface area contributed by atoms with E-state index in [1.54, 1.807) is 25.1 Å². The number of nitrogens with zero attached hydrogens (tertiary/aromatic N) is 1. The molecule has 0 spiro atoms. The zero-order valence-corrected chi connectivity index (χ0v) is 14.3. The first-order valence-electron chi connectivity index (χ1n) is 8.06. The van der Waals surface area contributed by atoms with Gasteiger partial charge in [-0.05, 0) is 41.5 Å². The van der Waals surface area contributed by atoms with Gasteiger partial charge in [-0.1, -0.05) is 12.1 Å². The lowest BCUT2D eigenvalue weighted by atomic mass is 9.99. The molecule has 25 heavy (non-hydrogen) atoms. The summed E-state index contributed by atoms with van der Waals surface area (Å²) < 4.78 is 24.6. The lowest BCUT2D eigenvalue weighted by Crippen LogP contribution is -2.22. The Hall–Kier alpha value is -2.82. The summed E-state index contributed by atoms with van der Waals surface area (Å²) >= 11 is 0. The molecule has 5 heteroatoms. The molecule has 0 saturated carbocycles. The molecule has 0 bridgehead atoms. The van der Waals surface area contributed by atoms with Crippen LogP contribution in [0.5, 0.6) is 11.5 Å². The van der Waals surface area contributed by atoms with Crippen LogP contribution in [0.3, 0.4) is 0 Å². The number of hydrogen-bond acceptors (Lipinski definition) is 3. The topological polar surface area (TPSA) is 38.8 Å². The van der Waals surface area contributed by atoms with E-state index in [1.165, 1.54) is 12.1 Å². The molecule has 0 saturated heterocycles. The van der Waals surface area contributed by atoms with Gasteiger partial charge in [-0.3, -0.25) is 4.79 Å². The summed E-state index contributed by atoms with van der Waals surface area (Å²) in [5.74, 6) is 1.10. The minimum atomic E-state index is -0.282. The molecule has 0 unspecified atom stereocenters.